The van der Waals surface area contributed by atoms with Crippen molar-refractivity contribution < 1.29 is 32.6 Å². The second-order valence-corrected chi connectivity index (χ2v) is 12.3. The van der Waals surface area contributed by atoms with Crippen molar-refractivity contribution in [3.05, 3.63) is 81.5 Å². The van der Waals surface area contributed by atoms with E-state index < -0.39 is 23.4 Å². The zero-order valence-electron chi connectivity index (χ0n) is 24.2. The molecule has 1 aliphatic heterocycles. The number of pyridine rings is 1. The average Bonchev–Trinajstić information content (AvgIpc) is 3.55. The van der Waals surface area contributed by atoms with Gasteiger partial charge in [0.2, 0.25) is 5.91 Å². The molecule has 1 amide bonds. The van der Waals surface area contributed by atoms with E-state index in [4.69, 9.17) is 4.74 Å². The van der Waals surface area contributed by atoms with Crippen LogP contribution in [0.1, 0.15) is 69.9 Å². The van der Waals surface area contributed by atoms with Gasteiger partial charge in [-0.2, -0.15) is 18.3 Å². The first-order chi connectivity index (χ1) is 21.0. The third-order valence-corrected chi connectivity index (χ3v) is 9.51. The van der Waals surface area contributed by atoms with Crippen LogP contribution in [-0.2, 0) is 17.6 Å². The number of rotatable bonds is 8. The number of carboxylic acids is 1. The Morgan fingerprint density at radius 3 is 2.48 bits per heavy atom. The van der Waals surface area contributed by atoms with Gasteiger partial charge in [0, 0.05) is 24.6 Å². The lowest BCUT2D eigenvalue weighted by atomic mass is 9.85. The summed E-state index contributed by atoms with van der Waals surface area (Å²) in [7, 11) is 0. The van der Waals surface area contributed by atoms with Crippen molar-refractivity contribution in [2.24, 2.45) is 5.92 Å². The fraction of sp³-hybridized carbons (Fsp3) is 0.375. The number of benzene rings is 1. The first kappa shape index (κ1) is 29.9. The number of carbonyl (C=O) groups is 2. The summed E-state index contributed by atoms with van der Waals surface area (Å²) in [6.45, 7) is 5.96. The molecule has 1 saturated heterocycles. The number of aromatic nitrogens is 3. The summed E-state index contributed by atoms with van der Waals surface area (Å²) in [5.74, 6) is -0.157. The number of hydrogen-bond acceptors (Lipinski definition) is 6. The van der Waals surface area contributed by atoms with Crippen LogP contribution >= 0.6 is 11.3 Å². The molecule has 44 heavy (non-hydrogen) atoms. The lowest BCUT2D eigenvalue weighted by molar-refractivity contribution is -0.143. The van der Waals surface area contributed by atoms with Gasteiger partial charge in [-0.1, -0.05) is 12.1 Å². The molecule has 4 heterocycles. The van der Waals surface area contributed by atoms with Gasteiger partial charge >= 0.3 is 12.1 Å². The topological polar surface area (TPSA) is 97.6 Å². The van der Waals surface area contributed by atoms with Crippen LogP contribution in [0.4, 0.5) is 13.2 Å². The molecular weight excluding hydrogens is 593 g/mol. The van der Waals surface area contributed by atoms with Gasteiger partial charge < -0.3 is 14.7 Å². The van der Waals surface area contributed by atoms with Crippen LogP contribution in [0.15, 0.2) is 48.0 Å². The monoisotopic (exact) mass is 624 g/mol. The fourth-order valence-electron chi connectivity index (χ4n) is 5.86. The van der Waals surface area contributed by atoms with Gasteiger partial charge in [0.25, 0.3) is 0 Å². The minimum Gasteiger partial charge on any atom is -0.489 e. The number of likely N-dealkylation sites (tertiary alicyclic amines) is 1. The van der Waals surface area contributed by atoms with E-state index in [1.165, 1.54) is 28.5 Å². The highest BCUT2D eigenvalue weighted by Crippen LogP contribution is 2.38. The van der Waals surface area contributed by atoms with Gasteiger partial charge in [0.15, 0.2) is 11.5 Å². The van der Waals surface area contributed by atoms with Crippen LogP contribution in [0.2, 0.25) is 0 Å². The Hall–Kier alpha value is -4.19. The zero-order chi connectivity index (χ0) is 31.2. The molecule has 1 aromatic carbocycles. The number of amides is 1. The first-order valence-corrected chi connectivity index (χ1v) is 15.3. The number of thiophene rings is 1. The molecular formula is C32H31F3N4O4S. The Balaban J connectivity index is 1.17. The van der Waals surface area contributed by atoms with E-state index in [-0.39, 0.29) is 18.3 Å². The molecule has 2 fully saturated rings. The van der Waals surface area contributed by atoms with Crippen molar-refractivity contribution in [2.75, 3.05) is 13.1 Å². The summed E-state index contributed by atoms with van der Waals surface area (Å²) < 4.78 is 48.1. The minimum atomic E-state index is -4.94. The van der Waals surface area contributed by atoms with Crippen molar-refractivity contribution in [3.8, 4) is 22.1 Å². The van der Waals surface area contributed by atoms with E-state index in [9.17, 15) is 27.9 Å². The molecule has 0 unspecified atom stereocenters. The van der Waals surface area contributed by atoms with E-state index >= 15 is 0 Å². The molecule has 2 aliphatic rings. The lowest BCUT2D eigenvalue weighted by Crippen LogP contribution is -2.38. The van der Waals surface area contributed by atoms with E-state index in [0.29, 0.717) is 28.4 Å². The second kappa shape index (κ2) is 11.7. The van der Waals surface area contributed by atoms with Crippen LogP contribution in [0, 0.1) is 19.8 Å². The van der Waals surface area contributed by atoms with Crippen molar-refractivity contribution in [2.45, 2.75) is 58.2 Å². The molecule has 12 heteroatoms. The van der Waals surface area contributed by atoms with Gasteiger partial charge in [-0.05, 0) is 91.8 Å². The van der Waals surface area contributed by atoms with Crippen LogP contribution < -0.4 is 4.74 Å². The third kappa shape index (κ3) is 5.82. The van der Waals surface area contributed by atoms with Crippen LogP contribution in [0.25, 0.3) is 16.4 Å². The number of halogens is 3. The molecule has 1 N–H and O–H groups in total. The predicted molar refractivity (Wildman–Crippen MR) is 158 cm³/mol. The summed E-state index contributed by atoms with van der Waals surface area (Å²) >= 11 is 1.38. The van der Waals surface area contributed by atoms with E-state index in [1.54, 1.807) is 12.1 Å². The number of carbonyl (C=O) groups excluding carboxylic acids is 1. The maximum atomic E-state index is 13.8. The molecule has 0 bridgehead atoms. The predicted octanol–water partition coefficient (Wildman–Crippen LogP) is 7.02. The Morgan fingerprint density at radius 1 is 1.05 bits per heavy atom. The van der Waals surface area contributed by atoms with E-state index in [1.807, 2.05) is 29.3 Å². The highest BCUT2D eigenvalue weighted by Gasteiger charge is 2.41. The fourth-order valence-corrected chi connectivity index (χ4v) is 6.74. The minimum absolute atomic E-state index is 0.146. The number of ether oxygens (including phenoxy) is 1. The second-order valence-electron chi connectivity index (χ2n) is 11.3. The van der Waals surface area contributed by atoms with Crippen LogP contribution in [-0.4, -0.2) is 49.7 Å². The molecule has 1 aliphatic carbocycles. The molecule has 4 aromatic rings. The average molecular weight is 625 g/mol. The molecule has 8 nitrogen and oxygen atoms in total. The number of piperidine rings is 1. The van der Waals surface area contributed by atoms with Crippen molar-refractivity contribution in [3.63, 3.8) is 0 Å². The smallest absolute Gasteiger partial charge is 0.434 e. The largest absolute Gasteiger partial charge is 0.489 e. The number of aromatic carboxylic acids is 1. The summed E-state index contributed by atoms with van der Waals surface area (Å²) in [6, 6.07) is 10.6. The maximum Gasteiger partial charge on any atom is 0.434 e. The Kier molecular flexibility index (Phi) is 7.95. The number of carboxylic acid groups (broad SMARTS) is 1. The Labute approximate surface area is 256 Å². The molecule has 0 atom stereocenters. The van der Waals surface area contributed by atoms with Gasteiger partial charge in [-0.15, -0.1) is 11.3 Å². The number of hydrogen-bond donors (Lipinski definition) is 1. The lowest BCUT2D eigenvalue weighted by Gasteiger charge is -2.33. The molecule has 6 rings (SSSR count). The normalized spacial score (nSPS) is 15.9. The summed E-state index contributed by atoms with van der Waals surface area (Å²) in [4.78, 5) is 31.0. The van der Waals surface area contributed by atoms with Gasteiger partial charge in [0.05, 0.1) is 16.8 Å². The maximum absolute atomic E-state index is 13.8. The van der Waals surface area contributed by atoms with Crippen molar-refractivity contribution >= 4 is 23.2 Å². The third-order valence-electron chi connectivity index (χ3n) is 8.53. The number of nitrogens with zero attached hydrogens (tertiary/aromatic N) is 4. The quantitative estimate of drug-likeness (QED) is 0.226. The van der Waals surface area contributed by atoms with Crippen molar-refractivity contribution in [1.29, 1.82) is 0 Å². The first-order valence-electron chi connectivity index (χ1n) is 14.5. The Morgan fingerprint density at radius 2 is 1.80 bits per heavy atom. The molecule has 230 valence electrons. The zero-order valence-corrected chi connectivity index (χ0v) is 25.0. The summed E-state index contributed by atoms with van der Waals surface area (Å²) in [5, 5.41) is 14.8. The summed E-state index contributed by atoms with van der Waals surface area (Å²) in [5.41, 5.74) is 2.41. The van der Waals surface area contributed by atoms with Gasteiger partial charge in [-0.25, -0.2) is 14.5 Å². The highest BCUT2D eigenvalue weighted by molar-refractivity contribution is 7.13. The molecule has 1 saturated carbocycles. The number of alkyl halides is 3. The standard InChI is InChI=1S/C32H31F3N4O4S/c1-18-19(2)26(9-8-23(18)20-10-13-38(14-11-20)30(40)21-6-7-21)43-17-22-12-15-44-28(22)25-4-3-5-27(37-25)39-29(32(33,34)35)24(16-36-39)31(41)42/h3-5,8-9,12,15-16,20-21H,6-7,10-11,13-14,17H2,1-2H3,(H,41,42). The van der Waals surface area contributed by atoms with E-state index in [2.05, 4.69) is 23.1 Å². The van der Waals surface area contributed by atoms with Gasteiger partial charge in [0.1, 0.15) is 17.9 Å². The molecule has 3 aromatic heterocycles. The molecule has 0 spiro atoms. The van der Waals surface area contributed by atoms with Gasteiger partial charge in [-0.3, -0.25) is 4.79 Å². The Bertz CT molecular complexity index is 1720. The van der Waals surface area contributed by atoms with Crippen molar-refractivity contribution in [1.82, 2.24) is 19.7 Å². The SMILES string of the molecule is Cc1c(OCc2ccsc2-c2cccc(-n3ncc(C(=O)O)c3C(F)(F)F)n2)ccc(C2CCN(C(=O)C3CC3)CC2)c1C. The highest BCUT2D eigenvalue weighted by atomic mass is 32.1. The van der Waals surface area contributed by atoms with Crippen LogP contribution in [0.5, 0.6) is 5.75 Å². The van der Waals surface area contributed by atoms with E-state index in [0.717, 1.165) is 60.5 Å². The van der Waals surface area contributed by atoms with Crippen LogP contribution in [0.3, 0.4) is 0 Å². The molecule has 0 radical (unpaired) electrons. The summed E-state index contributed by atoms with van der Waals surface area (Å²) in [6.07, 6.45) is -0.316.